The van der Waals surface area contributed by atoms with E-state index < -0.39 is 6.10 Å². The number of hydrogen-bond donors (Lipinski definition) is 0. The Morgan fingerprint density at radius 1 is 1.37 bits per heavy atom. The molecule has 0 saturated heterocycles. The van der Waals surface area contributed by atoms with E-state index in [2.05, 4.69) is 0 Å². The smallest absolute Gasteiger partial charge is 0.335 e. The number of carbonyl (C=O) groups excluding carboxylic acids is 1. The van der Waals surface area contributed by atoms with Gasteiger partial charge in [-0.15, -0.1) is 0 Å². The van der Waals surface area contributed by atoms with Crippen molar-refractivity contribution in [3.63, 3.8) is 0 Å². The Morgan fingerprint density at radius 2 is 2.16 bits per heavy atom. The molecule has 0 bridgehead atoms. The Labute approximate surface area is 111 Å². The molecule has 0 radical (unpaired) electrons. The minimum absolute atomic E-state index is 0.256. The van der Waals surface area contributed by atoms with Crippen molar-refractivity contribution in [2.45, 2.75) is 25.6 Å². The van der Waals surface area contributed by atoms with E-state index in [0.717, 1.165) is 29.9 Å². The highest BCUT2D eigenvalue weighted by atomic mass is 16.7. The molecule has 5 heteroatoms. The third kappa shape index (κ3) is 2.66. The van der Waals surface area contributed by atoms with Gasteiger partial charge in [-0.1, -0.05) is 6.07 Å². The molecule has 3 rings (SSSR count). The van der Waals surface area contributed by atoms with Crippen LogP contribution in [0.1, 0.15) is 18.4 Å². The van der Waals surface area contributed by atoms with Crippen LogP contribution in [0.4, 0.5) is 0 Å². The SMILES string of the molecule is COC(=O)C(OCc1ccc2c(c1)OCO2)C1CC1. The van der Waals surface area contributed by atoms with Gasteiger partial charge in [0.05, 0.1) is 13.7 Å². The van der Waals surface area contributed by atoms with E-state index in [1.165, 1.54) is 7.11 Å². The summed E-state index contributed by atoms with van der Waals surface area (Å²) in [5.41, 5.74) is 0.957. The van der Waals surface area contributed by atoms with E-state index >= 15 is 0 Å². The van der Waals surface area contributed by atoms with Gasteiger partial charge in [0.15, 0.2) is 17.6 Å². The lowest BCUT2D eigenvalue weighted by Crippen LogP contribution is -2.27. The summed E-state index contributed by atoms with van der Waals surface area (Å²) >= 11 is 0. The minimum atomic E-state index is -0.449. The summed E-state index contributed by atoms with van der Waals surface area (Å²) in [6.07, 6.45) is 1.61. The van der Waals surface area contributed by atoms with Gasteiger partial charge in [0.1, 0.15) is 0 Å². The normalized spacial score (nSPS) is 18.2. The molecule has 0 aromatic heterocycles. The van der Waals surface area contributed by atoms with Crippen LogP contribution >= 0.6 is 0 Å². The fourth-order valence-corrected chi connectivity index (χ4v) is 2.13. The summed E-state index contributed by atoms with van der Waals surface area (Å²) in [5, 5.41) is 0. The monoisotopic (exact) mass is 264 g/mol. The van der Waals surface area contributed by atoms with Crippen molar-refractivity contribution < 1.29 is 23.7 Å². The first kappa shape index (κ1) is 12.3. The predicted molar refractivity (Wildman–Crippen MR) is 65.9 cm³/mol. The number of benzene rings is 1. The molecule has 1 heterocycles. The molecule has 0 amide bonds. The molecule has 19 heavy (non-hydrogen) atoms. The molecule has 1 saturated carbocycles. The van der Waals surface area contributed by atoms with Gasteiger partial charge < -0.3 is 18.9 Å². The first-order chi connectivity index (χ1) is 9.28. The number of fused-ring (bicyclic) bond motifs is 1. The fraction of sp³-hybridized carbons (Fsp3) is 0.500. The second-order valence-corrected chi connectivity index (χ2v) is 4.78. The van der Waals surface area contributed by atoms with Crippen LogP contribution in [-0.2, 0) is 20.9 Å². The maximum absolute atomic E-state index is 11.6. The fourth-order valence-electron chi connectivity index (χ4n) is 2.13. The Morgan fingerprint density at radius 3 is 2.89 bits per heavy atom. The first-order valence-corrected chi connectivity index (χ1v) is 6.36. The third-order valence-corrected chi connectivity index (χ3v) is 3.35. The summed E-state index contributed by atoms with van der Waals surface area (Å²) in [5.74, 6) is 1.49. The average molecular weight is 264 g/mol. The lowest BCUT2D eigenvalue weighted by atomic mass is 10.2. The highest BCUT2D eigenvalue weighted by Gasteiger charge is 2.37. The van der Waals surface area contributed by atoms with Crippen LogP contribution < -0.4 is 9.47 Å². The number of rotatable bonds is 5. The molecule has 5 nitrogen and oxygen atoms in total. The maximum atomic E-state index is 11.6. The zero-order chi connectivity index (χ0) is 13.2. The van der Waals surface area contributed by atoms with Gasteiger partial charge in [-0.25, -0.2) is 4.79 Å². The number of methoxy groups -OCH3 is 1. The second kappa shape index (κ2) is 5.09. The van der Waals surface area contributed by atoms with E-state index in [-0.39, 0.29) is 12.8 Å². The van der Waals surface area contributed by atoms with Crippen molar-refractivity contribution in [2.75, 3.05) is 13.9 Å². The molecule has 2 aliphatic rings. The average Bonchev–Trinajstić information content (AvgIpc) is 3.16. The Hall–Kier alpha value is -1.75. The van der Waals surface area contributed by atoms with Crippen molar-refractivity contribution in [1.82, 2.24) is 0 Å². The van der Waals surface area contributed by atoms with Crippen LogP contribution in [0.15, 0.2) is 18.2 Å². The van der Waals surface area contributed by atoms with Crippen molar-refractivity contribution in [1.29, 1.82) is 0 Å². The van der Waals surface area contributed by atoms with E-state index in [4.69, 9.17) is 18.9 Å². The summed E-state index contributed by atoms with van der Waals surface area (Å²) in [6, 6.07) is 5.64. The van der Waals surface area contributed by atoms with Crippen molar-refractivity contribution in [2.24, 2.45) is 5.92 Å². The number of ether oxygens (including phenoxy) is 4. The molecular formula is C14H16O5. The summed E-state index contributed by atoms with van der Waals surface area (Å²) in [6.45, 7) is 0.624. The third-order valence-electron chi connectivity index (χ3n) is 3.35. The predicted octanol–water partition coefficient (Wildman–Crippen LogP) is 1.88. The molecule has 0 N–H and O–H groups in total. The van der Waals surface area contributed by atoms with Crippen LogP contribution in [0.3, 0.4) is 0 Å². The van der Waals surface area contributed by atoms with Crippen molar-refractivity contribution >= 4 is 5.97 Å². The van der Waals surface area contributed by atoms with E-state index in [0.29, 0.717) is 12.5 Å². The van der Waals surface area contributed by atoms with E-state index in [1.54, 1.807) is 0 Å². The largest absolute Gasteiger partial charge is 0.467 e. The summed E-state index contributed by atoms with van der Waals surface area (Å²) in [7, 11) is 1.39. The van der Waals surface area contributed by atoms with Crippen LogP contribution in [0.5, 0.6) is 11.5 Å². The van der Waals surface area contributed by atoms with Crippen LogP contribution in [0.2, 0.25) is 0 Å². The van der Waals surface area contributed by atoms with Crippen LogP contribution in [0.25, 0.3) is 0 Å². The van der Waals surface area contributed by atoms with Crippen LogP contribution in [0, 0.1) is 5.92 Å². The van der Waals surface area contributed by atoms with Gasteiger partial charge in [-0.2, -0.15) is 0 Å². The lowest BCUT2D eigenvalue weighted by molar-refractivity contribution is -0.156. The topological polar surface area (TPSA) is 54.0 Å². The van der Waals surface area contributed by atoms with E-state index in [1.807, 2.05) is 18.2 Å². The maximum Gasteiger partial charge on any atom is 0.335 e. The highest BCUT2D eigenvalue weighted by molar-refractivity contribution is 5.75. The molecule has 102 valence electrons. The number of hydrogen-bond acceptors (Lipinski definition) is 5. The lowest BCUT2D eigenvalue weighted by Gasteiger charge is -2.15. The Kier molecular flexibility index (Phi) is 3.29. The molecule has 1 unspecified atom stereocenters. The standard InChI is InChI=1S/C14H16O5/c1-16-14(15)13(10-3-4-10)17-7-9-2-5-11-12(6-9)19-8-18-11/h2,5-6,10,13H,3-4,7-8H2,1H3. The van der Waals surface area contributed by atoms with Gasteiger partial charge in [-0.05, 0) is 36.5 Å². The molecule has 1 aliphatic carbocycles. The van der Waals surface area contributed by atoms with E-state index in [9.17, 15) is 4.79 Å². The van der Waals surface area contributed by atoms with Gasteiger partial charge in [-0.3, -0.25) is 0 Å². The quantitative estimate of drug-likeness (QED) is 0.760. The molecular weight excluding hydrogens is 248 g/mol. The molecule has 1 atom stereocenters. The summed E-state index contributed by atoms with van der Waals surface area (Å²) in [4.78, 5) is 11.6. The van der Waals surface area contributed by atoms with Gasteiger partial charge in [0, 0.05) is 0 Å². The van der Waals surface area contributed by atoms with Gasteiger partial charge >= 0.3 is 5.97 Å². The molecule has 1 fully saturated rings. The highest BCUT2D eigenvalue weighted by Crippen LogP contribution is 2.36. The molecule has 1 aromatic carbocycles. The van der Waals surface area contributed by atoms with Crippen molar-refractivity contribution in [3.05, 3.63) is 23.8 Å². The first-order valence-electron chi connectivity index (χ1n) is 6.36. The zero-order valence-electron chi connectivity index (χ0n) is 10.8. The molecule has 1 aromatic rings. The minimum Gasteiger partial charge on any atom is -0.467 e. The zero-order valence-corrected chi connectivity index (χ0v) is 10.8. The molecule has 1 aliphatic heterocycles. The van der Waals surface area contributed by atoms with Gasteiger partial charge in [0.25, 0.3) is 0 Å². The Balaban J connectivity index is 1.63. The Bertz CT molecular complexity index is 481. The number of carbonyl (C=O) groups is 1. The second-order valence-electron chi connectivity index (χ2n) is 4.78. The van der Waals surface area contributed by atoms with Crippen molar-refractivity contribution in [3.8, 4) is 11.5 Å². The van der Waals surface area contributed by atoms with Gasteiger partial charge in [0.2, 0.25) is 6.79 Å². The number of esters is 1. The van der Waals surface area contributed by atoms with Crippen LogP contribution in [-0.4, -0.2) is 26.0 Å². The summed E-state index contributed by atoms with van der Waals surface area (Å²) < 4.78 is 21.0. The molecule has 0 spiro atoms.